The first-order valence-corrected chi connectivity index (χ1v) is 8.44. The van der Waals surface area contributed by atoms with E-state index >= 15 is 0 Å². The average Bonchev–Trinajstić information content (AvgIpc) is 3.09. The highest BCUT2D eigenvalue weighted by Crippen LogP contribution is 2.18. The first-order chi connectivity index (χ1) is 11.7. The Kier molecular flexibility index (Phi) is 7.66. The van der Waals surface area contributed by atoms with Crippen molar-refractivity contribution in [3.8, 4) is 11.4 Å². The molecule has 9 heteroatoms. The number of nitrogens with one attached hydrogen (secondary N) is 1. The normalized spacial score (nSPS) is 10.8. The average molecular weight is 351 g/mol. The van der Waals surface area contributed by atoms with Crippen LogP contribution < -0.4 is 0 Å². The molecule has 0 saturated carbocycles. The molecule has 1 amide bonds. The fraction of sp³-hybridized carbons (Fsp3) is 0.467. The quantitative estimate of drug-likeness (QED) is 0.640. The van der Waals surface area contributed by atoms with Gasteiger partial charge in [-0.25, -0.2) is 4.98 Å². The highest BCUT2D eigenvalue weighted by molar-refractivity contribution is 7.99. The molecule has 0 aromatic carbocycles. The van der Waals surface area contributed by atoms with Gasteiger partial charge in [-0.1, -0.05) is 11.8 Å². The molecule has 0 spiro atoms. The Morgan fingerprint density at radius 1 is 1.21 bits per heavy atom. The predicted molar refractivity (Wildman–Crippen MR) is 90.7 cm³/mol. The molecule has 2 aromatic heterocycles. The summed E-state index contributed by atoms with van der Waals surface area (Å²) in [6.45, 7) is 2.06. The molecular formula is C15H21N5O3S. The number of rotatable bonds is 10. The molecule has 24 heavy (non-hydrogen) atoms. The number of H-pyrrole nitrogens is 1. The minimum Gasteiger partial charge on any atom is -0.383 e. The third-order valence-corrected chi connectivity index (χ3v) is 4.06. The van der Waals surface area contributed by atoms with Crippen LogP contribution in [0.1, 0.15) is 0 Å². The van der Waals surface area contributed by atoms with Crippen LogP contribution in [0, 0.1) is 0 Å². The zero-order valence-electron chi connectivity index (χ0n) is 13.8. The van der Waals surface area contributed by atoms with Crippen LogP contribution in [0.3, 0.4) is 0 Å². The van der Waals surface area contributed by atoms with Gasteiger partial charge >= 0.3 is 0 Å². The van der Waals surface area contributed by atoms with Crippen molar-refractivity contribution in [1.82, 2.24) is 25.1 Å². The lowest BCUT2D eigenvalue weighted by Gasteiger charge is -2.21. The van der Waals surface area contributed by atoms with Gasteiger partial charge in [-0.15, -0.1) is 5.10 Å². The number of methoxy groups -OCH3 is 2. The Hall–Kier alpha value is -1.97. The molecule has 2 heterocycles. The number of hydrogen-bond donors (Lipinski definition) is 1. The number of ether oxygens (including phenoxy) is 2. The van der Waals surface area contributed by atoms with Crippen molar-refractivity contribution in [3.05, 3.63) is 24.5 Å². The molecule has 8 nitrogen and oxygen atoms in total. The zero-order chi connectivity index (χ0) is 17.2. The fourth-order valence-electron chi connectivity index (χ4n) is 1.93. The van der Waals surface area contributed by atoms with E-state index in [0.29, 0.717) is 37.3 Å². The van der Waals surface area contributed by atoms with Gasteiger partial charge in [0.25, 0.3) is 0 Å². The van der Waals surface area contributed by atoms with E-state index in [2.05, 4.69) is 20.2 Å². The second kappa shape index (κ2) is 10.0. The van der Waals surface area contributed by atoms with E-state index in [0.717, 1.165) is 5.56 Å². The SMILES string of the molecule is COCCN(CCOC)C(=O)CSc1n[nH]c(-c2ccncc2)n1. The highest BCUT2D eigenvalue weighted by Gasteiger charge is 2.15. The standard InChI is InChI=1S/C15H21N5O3S/c1-22-9-7-20(8-10-23-2)13(21)11-24-15-17-14(18-19-15)12-3-5-16-6-4-12/h3-6H,7-11H2,1-2H3,(H,17,18,19). The lowest BCUT2D eigenvalue weighted by molar-refractivity contribution is -0.129. The summed E-state index contributed by atoms with van der Waals surface area (Å²) < 4.78 is 10.1. The maximum Gasteiger partial charge on any atom is 0.233 e. The van der Waals surface area contributed by atoms with Crippen LogP contribution in [0.2, 0.25) is 0 Å². The molecule has 0 atom stereocenters. The number of thioether (sulfide) groups is 1. The fourth-order valence-corrected chi connectivity index (χ4v) is 2.63. The summed E-state index contributed by atoms with van der Waals surface area (Å²) in [5, 5.41) is 7.54. The van der Waals surface area contributed by atoms with Crippen LogP contribution in [0.25, 0.3) is 11.4 Å². The summed E-state index contributed by atoms with van der Waals surface area (Å²) in [4.78, 5) is 22.4. The minimum atomic E-state index is 0.00404. The Morgan fingerprint density at radius 2 is 1.88 bits per heavy atom. The van der Waals surface area contributed by atoms with Gasteiger partial charge in [-0.05, 0) is 12.1 Å². The van der Waals surface area contributed by atoms with Crippen LogP contribution >= 0.6 is 11.8 Å². The highest BCUT2D eigenvalue weighted by atomic mass is 32.2. The summed E-state index contributed by atoms with van der Waals surface area (Å²) in [6.07, 6.45) is 3.38. The molecule has 2 aromatic rings. The first kappa shape index (κ1) is 18.4. The number of carbonyl (C=O) groups excluding carboxylic acids is 1. The number of amides is 1. The molecule has 0 unspecified atom stereocenters. The van der Waals surface area contributed by atoms with Gasteiger partial charge in [0.15, 0.2) is 5.82 Å². The zero-order valence-corrected chi connectivity index (χ0v) is 14.6. The minimum absolute atomic E-state index is 0.00404. The van der Waals surface area contributed by atoms with Gasteiger partial charge < -0.3 is 14.4 Å². The van der Waals surface area contributed by atoms with Gasteiger partial charge in [-0.3, -0.25) is 14.9 Å². The Labute approximate surface area is 145 Å². The number of carbonyl (C=O) groups is 1. The van der Waals surface area contributed by atoms with E-state index in [4.69, 9.17) is 9.47 Å². The van der Waals surface area contributed by atoms with Crippen LogP contribution in [0.4, 0.5) is 0 Å². The van der Waals surface area contributed by atoms with Crippen LogP contribution in [-0.2, 0) is 14.3 Å². The molecule has 1 N–H and O–H groups in total. The van der Waals surface area contributed by atoms with E-state index in [1.807, 2.05) is 12.1 Å². The monoisotopic (exact) mass is 351 g/mol. The largest absolute Gasteiger partial charge is 0.383 e. The van der Waals surface area contributed by atoms with E-state index in [-0.39, 0.29) is 11.7 Å². The number of hydrogen-bond acceptors (Lipinski definition) is 7. The molecule has 2 rings (SSSR count). The topological polar surface area (TPSA) is 93.2 Å². The second-order valence-electron chi connectivity index (χ2n) is 4.86. The number of pyridine rings is 1. The molecule has 0 radical (unpaired) electrons. The van der Waals surface area contributed by atoms with Crippen molar-refractivity contribution in [1.29, 1.82) is 0 Å². The Bertz CT molecular complexity index is 615. The van der Waals surface area contributed by atoms with E-state index in [1.165, 1.54) is 11.8 Å². The van der Waals surface area contributed by atoms with Crippen molar-refractivity contribution >= 4 is 17.7 Å². The van der Waals surface area contributed by atoms with Gasteiger partial charge in [-0.2, -0.15) is 0 Å². The summed E-state index contributed by atoms with van der Waals surface area (Å²) in [5.74, 6) is 0.925. The van der Waals surface area contributed by atoms with E-state index in [1.54, 1.807) is 31.5 Å². The summed E-state index contributed by atoms with van der Waals surface area (Å²) in [7, 11) is 3.23. The lowest BCUT2D eigenvalue weighted by Crippen LogP contribution is -2.37. The molecule has 0 aliphatic rings. The lowest BCUT2D eigenvalue weighted by atomic mass is 10.3. The number of aromatic nitrogens is 4. The Morgan fingerprint density at radius 3 is 2.50 bits per heavy atom. The summed E-state index contributed by atoms with van der Waals surface area (Å²) in [5.41, 5.74) is 0.900. The van der Waals surface area contributed by atoms with Gasteiger partial charge in [0, 0.05) is 45.3 Å². The molecule has 0 aliphatic heterocycles. The van der Waals surface area contributed by atoms with Crippen molar-refractivity contribution in [2.45, 2.75) is 5.16 Å². The van der Waals surface area contributed by atoms with Crippen LogP contribution in [0.15, 0.2) is 29.7 Å². The van der Waals surface area contributed by atoms with E-state index in [9.17, 15) is 4.79 Å². The number of nitrogens with zero attached hydrogens (tertiary/aromatic N) is 4. The third-order valence-electron chi connectivity index (χ3n) is 3.23. The smallest absolute Gasteiger partial charge is 0.233 e. The summed E-state index contributed by atoms with van der Waals surface area (Å²) >= 11 is 1.30. The van der Waals surface area contributed by atoms with Crippen LogP contribution in [0.5, 0.6) is 0 Å². The predicted octanol–water partition coefficient (Wildman–Crippen LogP) is 1.08. The Balaban J connectivity index is 1.89. The molecular weight excluding hydrogens is 330 g/mol. The van der Waals surface area contributed by atoms with E-state index < -0.39 is 0 Å². The maximum absolute atomic E-state index is 12.3. The molecule has 0 saturated heterocycles. The van der Waals surface area contributed by atoms with Crippen LogP contribution in [-0.4, -0.2) is 77.2 Å². The van der Waals surface area contributed by atoms with Gasteiger partial charge in [0.05, 0.1) is 19.0 Å². The molecule has 0 fully saturated rings. The first-order valence-electron chi connectivity index (χ1n) is 7.46. The van der Waals surface area contributed by atoms with Crippen molar-refractivity contribution in [2.24, 2.45) is 0 Å². The third kappa shape index (κ3) is 5.59. The van der Waals surface area contributed by atoms with Crippen molar-refractivity contribution in [2.75, 3.05) is 46.3 Å². The maximum atomic E-state index is 12.3. The van der Waals surface area contributed by atoms with Gasteiger partial charge in [0.1, 0.15) is 0 Å². The second-order valence-corrected chi connectivity index (χ2v) is 5.80. The molecule has 130 valence electrons. The number of aromatic amines is 1. The van der Waals surface area contributed by atoms with Gasteiger partial charge in [0.2, 0.25) is 11.1 Å². The summed E-state index contributed by atoms with van der Waals surface area (Å²) in [6, 6.07) is 3.69. The molecule has 0 aliphatic carbocycles. The molecule has 0 bridgehead atoms. The van der Waals surface area contributed by atoms with Crippen molar-refractivity contribution in [3.63, 3.8) is 0 Å². The van der Waals surface area contributed by atoms with Crippen molar-refractivity contribution < 1.29 is 14.3 Å².